The van der Waals surface area contributed by atoms with Gasteiger partial charge in [0, 0.05) is 23.2 Å². The van der Waals surface area contributed by atoms with Crippen LogP contribution in [0.25, 0.3) is 0 Å². The van der Waals surface area contributed by atoms with Crippen LogP contribution in [0, 0.1) is 0 Å². The zero-order chi connectivity index (χ0) is 15.8. The first kappa shape index (κ1) is 14.2. The van der Waals surface area contributed by atoms with Crippen LogP contribution in [0.5, 0.6) is 17.2 Å². The van der Waals surface area contributed by atoms with E-state index < -0.39 is 6.10 Å². The van der Waals surface area contributed by atoms with Crippen LogP contribution < -0.4 is 19.5 Å². The molecule has 2 heterocycles. The number of anilines is 1. The third kappa shape index (κ3) is 2.80. The van der Waals surface area contributed by atoms with Crippen molar-refractivity contribution >= 4 is 23.2 Å². The summed E-state index contributed by atoms with van der Waals surface area (Å²) < 4.78 is 16.7. The Labute approximate surface area is 138 Å². The summed E-state index contributed by atoms with van der Waals surface area (Å²) in [5, 5.41) is 3.49. The minimum Gasteiger partial charge on any atom is -0.486 e. The van der Waals surface area contributed by atoms with Crippen molar-refractivity contribution in [3.8, 4) is 17.2 Å². The summed E-state index contributed by atoms with van der Waals surface area (Å²) in [7, 11) is 0. The molecule has 0 bridgehead atoms. The molecule has 2 aromatic carbocycles. The van der Waals surface area contributed by atoms with Crippen LogP contribution >= 0.6 is 11.6 Å². The van der Waals surface area contributed by atoms with Crippen molar-refractivity contribution < 1.29 is 19.0 Å². The van der Waals surface area contributed by atoms with Crippen molar-refractivity contribution in [3.63, 3.8) is 0 Å². The SMILES string of the molecule is O=C(Nc1ccc2c(c1)OCCO2)[C@@H]1Cc2cc(Cl)ccc2O1. The number of carbonyl (C=O) groups is 1. The Morgan fingerprint density at radius 3 is 2.70 bits per heavy atom. The van der Waals surface area contributed by atoms with E-state index in [1.165, 1.54) is 0 Å². The average molecular weight is 332 g/mol. The molecule has 1 atom stereocenters. The summed E-state index contributed by atoms with van der Waals surface area (Å²) in [6.45, 7) is 1.04. The number of hydrogen-bond acceptors (Lipinski definition) is 4. The molecule has 2 aromatic rings. The highest BCUT2D eigenvalue weighted by Crippen LogP contribution is 2.34. The summed E-state index contributed by atoms with van der Waals surface area (Å²) in [5.41, 5.74) is 1.59. The Morgan fingerprint density at radius 2 is 1.83 bits per heavy atom. The molecule has 0 aromatic heterocycles. The lowest BCUT2D eigenvalue weighted by Crippen LogP contribution is -2.31. The van der Waals surface area contributed by atoms with E-state index in [0.29, 0.717) is 47.6 Å². The number of nitrogens with one attached hydrogen (secondary N) is 1. The maximum absolute atomic E-state index is 12.4. The van der Waals surface area contributed by atoms with Crippen molar-refractivity contribution in [2.24, 2.45) is 0 Å². The van der Waals surface area contributed by atoms with Crippen LogP contribution in [-0.2, 0) is 11.2 Å². The normalized spacial score (nSPS) is 18.0. The van der Waals surface area contributed by atoms with E-state index >= 15 is 0 Å². The molecular formula is C17H14ClNO4. The molecule has 0 saturated carbocycles. The molecule has 6 heteroatoms. The van der Waals surface area contributed by atoms with Crippen LogP contribution in [0.2, 0.25) is 5.02 Å². The zero-order valence-electron chi connectivity index (χ0n) is 12.2. The fourth-order valence-corrected chi connectivity index (χ4v) is 2.90. The highest BCUT2D eigenvalue weighted by Gasteiger charge is 2.29. The molecule has 0 radical (unpaired) electrons. The van der Waals surface area contributed by atoms with Crippen LogP contribution in [0.1, 0.15) is 5.56 Å². The fourth-order valence-electron chi connectivity index (χ4n) is 2.71. The molecule has 2 aliphatic heterocycles. The monoisotopic (exact) mass is 331 g/mol. The van der Waals surface area contributed by atoms with Gasteiger partial charge in [-0.25, -0.2) is 0 Å². The number of rotatable bonds is 2. The summed E-state index contributed by atoms with van der Waals surface area (Å²) in [5.74, 6) is 1.83. The Balaban J connectivity index is 1.47. The minimum absolute atomic E-state index is 0.200. The highest BCUT2D eigenvalue weighted by atomic mass is 35.5. The number of hydrogen-bond donors (Lipinski definition) is 1. The third-order valence-corrected chi connectivity index (χ3v) is 4.03. The first-order valence-corrected chi connectivity index (χ1v) is 7.72. The van der Waals surface area contributed by atoms with E-state index in [2.05, 4.69) is 5.32 Å². The van der Waals surface area contributed by atoms with Crippen LogP contribution in [0.15, 0.2) is 36.4 Å². The van der Waals surface area contributed by atoms with E-state index in [1.54, 1.807) is 30.3 Å². The smallest absolute Gasteiger partial charge is 0.265 e. The molecule has 0 spiro atoms. The Morgan fingerprint density at radius 1 is 1.04 bits per heavy atom. The molecule has 23 heavy (non-hydrogen) atoms. The van der Waals surface area contributed by atoms with Gasteiger partial charge in [0.15, 0.2) is 17.6 Å². The highest BCUT2D eigenvalue weighted by molar-refractivity contribution is 6.30. The van der Waals surface area contributed by atoms with E-state index in [9.17, 15) is 4.79 Å². The Kier molecular flexibility index (Phi) is 3.50. The first-order chi connectivity index (χ1) is 11.2. The van der Waals surface area contributed by atoms with Crippen molar-refractivity contribution in [1.29, 1.82) is 0 Å². The van der Waals surface area contributed by atoms with Gasteiger partial charge in [-0.05, 0) is 35.9 Å². The van der Waals surface area contributed by atoms with Crippen LogP contribution in [0.3, 0.4) is 0 Å². The van der Waals surface area contributed by atoms with Gasteiger partial charge in [0.2, 0.25) is 0 Å². The summed E-state index contributed by atoms with van der Waals surface area (Å²) in [6, 6.07) is 10.7. The van der Waals surface area contributed by atoms with Gasteiger partial charge in [-0.15, -0.1) is 0 Å². The third-order valence-electron chi connectivity index (χ3n) is 3.80. The van der Waals surface area contributed by atoms with Gasteiger partial charge in [0.25, 0.3) is 5.91 Å². The zero-order valence-corrected chi connectivity index (χ0v) is 12.9. The molecular weight excluding hydrogens is 318 g/mol. The number of fused-ring (bicyclic) bond motifs is 2. The van der Waals surface area contributed by atoms with Gasteiger partial charge < -0.3 is 19.5 Å². The van der Waals surface area contributed by atoms with Gasteiger partial charge in [0.1, 0.15) is 19.0 Å². The molecule has 1 N–H and O–H groups in total. The summed E-state index contributed by atoms with van der Waals surface area (Å²) in [6.07, 6.45) is -0.0524. The lowest BCUT2D eigenvalue weighted by molar-refractivity contribution is -0.122. The molecule has 0 saturated heterocycles. The lowest BCUT2D eigenvalue weighted by atomic mass is 10.1. The van der Waals surface area contributed by atoms with Crippen molar-refractivity contribution in [2.75, 3.05) is 18.5 Å². The summed E-state index contributed by atoms with van der Waals surface area (Å²) >= 11 is 5.97. The lowest BCUT2D eigenvalue weighted by Gasteiger charge is -2.19. The number of benzene rings is 2. The van der Waals surface area contributed by atoms with Gasteiger partial charge in [-0.1, -0.05) is 11.6 Å². The number of halogens is 1. The van der Waals surface area contributed by atoms with E-state index in [4.69, 9.17) is 25.8 Å². The quantitative estimate of drug-likeness (QED) is 0.919. The number of ether oxygens (including phenoxy) is 3. The average Bonchev–Trinajstić information content (AvgIpc) is 2.98. The van der Waals surface area contributed by atoms with Crippen LogP contribution in [-0.4, -0.2) is 25.2 Å². The molecule has 1 amide bonds. The Hall–Kier alpha value is -2.40. The standard InChI is InChI=1S/C17H14ClNO4/c18-11-1-3-13-10(7-11)8-16(23-13)17(20)19-12-2-4-14-15(9-12)22-6-5-21-14/h1-4,7,9,16H,5-6,8H2,(H,19,20)/t16-/m0/s1. The predicted molar refractivity (Wildman–Crippen MR) is 85.6 cm³/mol. The number of amides is 1. The van der Waals surface area contributed by atoms with E-state index in [0.717, 1.165) is 5.56 Å². The largest absolute Gasteiger partial charge is 0.486 e. The molecule has 5 nitrogen and oxygen atoms in total. The first-order valence-electron chi connectivity index (χ1n) is 7.35. The molecule has 0 unspecified atom stereocenters. The second-order valence-corrected chi connectivity index (χ2v) is 5.85. The molecule has 118 valence electrons. The molecule has 4 rings (SSSR count). The van der Waals surface area contributed by atoms with Crippen molar-refractivity contribution in [3.05, 3.63) is 47.0 Å². The maximum atomic E-state index is 12.4. The summed E-state index contributed by atoms with van der Waals surface area (Å²) in [4.78, 5) is 12.4. The second kappa shape index (κ2) is 5.66. The van der Waals surface area contributed by atoms with Crippen molar-refractivity contribution in [2.45, 2.75) is 12.5 Å². The number of carbonyl (C=O) groups excluding carboxylic acids is 1. The van der Waals surface area contributed by atoms with Gasteiger partial charge in [0.05, 0.1) is 0 Å². The molecule has 2 aliphatic rings. The molecule has 0 fully saturated rings. The van der Waals surface area contributed by atoms with E-state index in [1.807, 2.05) is 6.07 Å². The van der Waals surface area contributed by atoms with E-state index in [-0.39, 0.29) is 5.91 Å². The fraction of sp³-hybridized carbons (Fsp3) is 0.235. The van der Waals surface area contributed by atoms with Gasteiger partial charge >= 0.3 is 0 Å². The maximum Gasteiger partial charge on any atom is 0.265 e. The van der Waals surface area contributed by atoms with Gasteiger partial charge in [-0.2, -0.15) is 0 Å². The topological polar surface area (TPSA) is 56.8 Å². The second-order valence-electron chi connectivity index (χ2n) is 5.41. The minimum atomic E-state index is -0.559. The van der Waals surface area contributed by atoms with Gasteiger partial charge in [-0.3, -0.25) is 4.79 Å². The van der Waals surface area contributed by atoms with Crippen molar-refractivity contribution in [1.82, 2.24) is 0 Å². The predicted octanol–water partition coefficient (Wildman–Crippen LogP) is 3.05. The Bertz CT molecular complexity index is 777. The van der Waals surface area contributed by atoms with Crippen LogP contribution in [0.4, 0.5) is 5.69 Å². The molecule has 0 aliphatic carbocycles.